The van der Waals surface area contributed by atoms with Gasteiger partial charge < -0.3 is 5.73 Å². The number of nitrogens with two attached hydrogens (primary N) is 1. The lowest BCUT2D eigenvalue weighted by Gasteiger charge is -2.00. The molecule has 0 atom stereocenters. The van der Waals surface area contributed by atoms with E-state index in [-0.39, 0.29) is 5.69 Å². The van der Waals surface area contributed by atoms with Crippen molar-refractivity contribution in [2.24, 2.45) is 12.8 Å². The second kappa shape index (κ2) is 5.11. The Bertz CT molecular complexity index is 545. The van der Waals surface area contributed by atoms with Gasteiger partial charge in [0, 0.05) is 19.4 Å². The molecule has 0 unspecified atom stereocenters. The highest BCUT2D eigenvalue weighted by Gasteiger charge is 2.08. The van der Waals surface area contributed by atoms with E-state index in [1.807, 2.05) is 0 Å². The number of rotatable bonds is 4. The van der Waals surface area contributed by atoms with Crippen molar-refractivity contribution in [3.63, 3.8) is 0 Å². The maximum atomic E-state index is 11.1. The van der Waals surface area contributed by atoms with Crippen LogP contribution in [0.2, 0.25) is 0 Å². The minimum Gasteiger partial charge on any atom is -0.330 e. The highest BCUT2D eigenvalue weighted by molar-refractivity contribution is 7.99. The summed E-state index contributed by atoms with van der Waals surface area (Å²) in [4.78, 5) is 19.5. The Morgan fingerprint density at radius 2 is 2.18 bits per heavy atom. The molecule has 0 saturated heterocycles. The molecule has 0 radical (unpaired) electrons. The molecule has 2 rings (SSSR count). The Kier molecular flexibility index (Phi) is 3.55. The minimum absolute atomic E-state index is 0.257. The summed E-state index contributed by atoms with van der Waals surface area (Å²) in [7, 11) is 1.64. The van der Waals surface area contributed by atoms with Crippen LogP contribution in [0.4, 0.5) is 0 Å². The number of hydrogen-bond donors (Lipinski definition) is 2. The van der Waals surface area contributed by atoms with Crippen molar-refractivity contribution in [1.82, 2.24) is 24.7 Å². The molecule has 0 amide bonds. The predicted octanol–water partition coefficient (Wildman–Crippen LogP) is -0.449. The van der Waals surface area contributed by atoms with Crippen molar-refractivity contribution in [2.75, 3.05) is 6.54 Å². The Morgan fingerprint density at radius 1 is 1.47 bits per heavy atom. The van der Waals surface area contributed by atoms with Gasteiger partial charge in [0.1, 0.15) is 0 Å². The molecule has 0 aliphatic heterocycles. The van der Waals surface area contributed by atoms with Crippen LogP contribution in [0, 0.1) is 0 Å². The van der Waals surface area contributed by atoms with Crippen LogP contribution < -0.4 is 11.4 Å². The Balaban J connectivity index is 2.14. The third kappa shape index (κ3) is 2.71. The number of nitrogens with one attached hydrogen (secondary N) is 1. The van der Waals surface area contributed by atoms with E-state index in [2.05, 4.69) is 20.2 Å². The van der Waals surface area contributed by atoms with Gasteiger partial charge in [0.2, 0.25) is 0 Å². The van der Waals surface area contributed by atoms with Crippen LogP contribution >= 0.6 is 11.8 Å². The van der Waals surface area contributed by atoms with Crippen LogP contribution in [0.15, 0.2) is 27.5 Å². The maximum absolute atomic E-state index is 11.1. The number of aromatic amines is 1. The molecule has 17 heavy (non-hydrogen) atoms. The average molecular weight is 252 g/mol. The number of hydrogen-bond acceptors (Lipinski definition) is 6. The highest BCUT2D eigenvalue weighted by atomic mass is 32.2. The molecule has 0 fully saturated rings. The third-order valence-corrected chi connectivity index (χ3v) is 3.08. The molecule has 0 spiro atoms. The lowest BCUT2D eigenvalue weighted by Crippen LogP contribution is -2.12. The van der Waals surface area contributed by atoms with Gasteiger partial charge in [-0.25, -0.2) is 19.9 Å². The molecule has 0 bridgehead atoms. The van der Waals surface area contributed by atoms with Gasteiger partial charge in [-0.05, 0) is 30.3 Å². The summed E-state index contributed by atoms with van der Waals surface area (Å²) in [6.45, 7) is 0.573. The zero-order valence-corrected chi connectivity index (χ0v) is 10.1. The summed E-state index contributed by atoms with van der Waals surface area (Å²) in [6, 6.07) is 0. The van der Waals surface area contributed by atoms with Crippen LogP contribution in [0.25, 0.3) is 0 Å². The Labute approximate surface area is 101 Å². The largest absolute Gasteiger partial charge is 0.343 e. The molecule has 90 valence electrons. The zero-order valence-electron chi connectivity index (χ0n) is 9.25. The van der Waals surface area contributed by atoms with Gasteiger partial charge in [-0.15, -0.1) is 5.10 Å². The first-order chi connectivity index (χ1) is 8.20. The number of H-pyrrole nitrogens is 1. The van der Waals surface area contributed by atoms with Crippen molar-refractivity contribution in [3.05, 3.63) is 28.4 Å². The smallest absolute Gasteiger partial charge is 0.330 e. The van der Waals surface area contributed by atoms with Crippen LogP contribution in [-0.2, 0) is 13.5 Å². The summed E-state index contributed by atoms with van der Waals surface area (Å²) in [5, 5.41) is 7.29. The standard InChI is InChI=1S/C9H12N6OS/c1-15-8(16)13-14-9(15)17-7-11-4-6(2-3-10)5-12-7/h4-5H,2-3,10H2,1H3,(H,13,16). The van der Waals surface area contributed by atoms with Crippen LogP contribution in [0.1, 0.15) is 5.56 Å². The van der Waals surface area contributed by atoms with E-state index in [4.69, 9.17) is 5.73 Å². The lowest BCUT2D eigenvalue weighted by atomic mass is 10.2. The SMILES string of the molecule is Cn1c(Sc2ncc(CCN)cn2)n[nH]c1=O. The fourth-order valence-corrected chi connectivity index (χ4v) is 1.88. The van der Waals surface area contributed by atoms with Crippen molar-refractivity contribution in [2.45, 2.75) is 16.7 Å². The summed E-state index contributed by atoms with van der Waals surface area (Å²) < 4.78 is 1.40. The van der Waals surface area contributed by atoms with Gasteiger partial charge in [-0.3, -0.25) is 4.57 Å². The lowest BCUT2D eigenvalue weighted by molar-refractivity contribution is 0.761. The fraction of sp³-hybridized carbons (Fsp3) is 0.333. The summed E-state index contributed by atoms with van der Waals surface area (Å²) in [5.74, 6) is 0. The van der Waals surface area contributed by atoms with Crippen molar-refractivity contribution in [1.29, 1.82) is 0 Å². The van der Waals surface area contributed by atoms with Gasteiger partial charge in [0.25, 0.3) is 0 Å². The van der Waals surface area contributed by atoms with E-state index in [9.17, 15) is 4.79 Å². The molecule has 0 aliphatic rings. The fourth-order valence-electron chi connectivity index (χ4n) is 1.20. The van der Waals surface area contributed by atoms with E-state index >= 15 is 0 Å². The van der Waals surface area contributed by atoms with E-state index in [1.165, 1.54) is 16.3 Å². The van der Waals surface area contributed by atoms with Crippen molar-refractivity contribution in [3.8, 4) is 0 Å². The second-order valence-electron chi connectivity index (χ2n) is 3.38. The first kappa shape index (κ1) is 11.8. The Morgan fingerprint density at radius 3 is 2.71 bits per heavy atom. The number of nitrogens with zero attached hydrogens (tertiary/aromatic N) is 4. The molecule has 2 heterocycles. The molecule has 2 aromatic heterocycles. The summed E-state index contributed by atoms with van der Waals surface area (Å²) in [6.07, 6.45) is 4.21. The van der Waals surface area contributed by atoms with Crippen molar-refractivity contribution < 1.29 is 0 Å². The summed E-state index contributed by atoms with van der Waals surface area (Å²) >= 11 is 1.23. The molecule has 3 N–H and O–H groups in total. The molecule has 8 heteroatoms. The molecular formula is C9H12N6OS. The van der Waals surface area contributed by atoms with Crippen LogP contribution in [0.5, 0.6) is 0 Å². The molecular weight excluding hydrogens is 240 g/mol. The monoisotopic (exact) mass is 252 g/mol. The third-order valence-electron chi connectivity index (χ3n) is 2.14. The summed E-state index contributed by atoms with van der Waals surface area (Å²) in [5.41, 5.74) is 6.17. The van der Waals surface area contributed by atoms with Crippen LogP contribution in [0.3, 0.4) is 0 Å². The quantitative estimate of drug-likeness (QED) is 0.714. The zero-order chi connectivity index (χ0) is 12.3. The van der Waals surface area contributed by atoms with E-state index < -0.39 is 0 Å². The van der Waals surface area contributed by atoms with Gasteiger partial charge in [0.05, 0.1) is 0 Å². The Hall–Kier alpha value is -1.67. The van der Waals surface area contributed by atoms with Gasteiger partial charge >= 0.3 is 5.69 Å². The molecule has 0 aliphatic carbocycles. The molecule has 7 nitrogen and oxygen atoms in total. The predicted molar refractivity (Wildman–Crippen MR) is 62.7 cm³/mol. The van der Waals surface area contributed by atoms with Gasteiger partial charge in [0.15, 0.2) is 10.3 Å². The normalized spacial score (nSPS) is 10.7. The highest BCUT2D eigenvalue weighted by Crippen LogP contribution is 2.19. The number of aromatic nitrogens is 5. The first-order valence-corrected chi connectivity index (χ1v) is 5.82. The molecule has 0 saturated carbocycles. The van der Waals surface area contributed by atoms with Crippen LogP contribution in [-0.4, -0.2) is 31.3 Å². The topological polar surface area (TPSA) is 102 Å². The average Bonchev–Trinajstić information content (AvgIpc) is 2.64. The van der Waals surface area contributed by atoms with E-state index in [0.717, 1.165) is 12.0 Å². The first-order valence-electron chi connectivity index (χ1n) is 5.01. The minimum atomic E-state index is -0.257. The molecule has 0 aromatic carbocycles. The maximum Gasteiger partial charge on any atom is 0.343 e. The molecule has 2 aromatic rings. The van der Waals surface area contributed by atoms with Gasteiger partial charge in [-0.1, -0.05) is 0 Å². The second-order valence-corrected chi connectivity index (χ2v) is 4.32. The van der Waals surface area contributed by atoms with E-state index in [0.29, 0.717) is 16.9 Å². The van der Waals surface area contributed by atoms with E-state index in [1.54, 1.807) is 19.4 Å². The van der Waals surface area contributed by atoms with Gasteiger partial charge in [-0.2, -0.15) is 0 Å². The van der Waals surface area contributed by atoms with Crippen molar-refractivity contribution >= 4 is 11.8 Å².